The average Bonchev–Trinajstić information content (AvgIpc) is 3.31. The van der Waals surface area contributed by atoms with E-state index in [9.17, 15) is 4.79 Å². The maximum absolute atomic E-state index is 13.3. The second-order valence-corrected chi connectivity index (χ2v) is 7.48. The van der Waals surface area contributed by atoms with E-state index in [1.165, 1.54) is 0 Å². The summed E-state index contributed by atoms with van der Waals surface area (Å²) in [5.41, 5.74) is 2.49. The number of hydrogen-bond acceptors (Lipinski definition) is 4. The monoisotopic (exact) mass is 371 g/mol. The molecule has 0 saturated heterocycles. The number of benzene rings is 1. The minimum absolute atomic E-state index is 0.0119. The van der Waals surface area contributed by atoms with E-state index in [0.29, 0.717) is 17.9 Å². The standard InChI is InChI=1S/C21H29N3O3/c1-14(11-17-12-15(2)23-24-17)22-20(25)21(9-5-6-10-21)16-7-8-18(26-3)19(13-16)27-4/h7-8,12-14H,5-6,9-11H2,1-4H3,(H,22,25)(H,23,24)/t14-/m0/s1. The number of aromatic amines is 1. The molecule has 0 aliphatic heterocycles. The van der Waals surface area contributed by atoms with Crippen LogP contribution in [0.1, 0.15) is 49.6 Å². The fraction of sp³-hybridized carbons (Fsp3) is 0.524. The highest BCUT2D eigenvalue weighted by molar-refractivity contribution is 5.89. The van der Waals surface area contributed by atoms with Gasteiger partial charge in [0.05, 0.1) is 25.3 Å². The van der Waals surface area contributed by atoms with Gasteiger partial charge in [0.1, 0.15) is 0 Å². The van der Waals surface area contributed by atoms with Crippen LogP contribution in [0.25, 0.3) is 0 Å². The van der Waals surface area contributed by atoms with Crippen LogP contribution in [0.15, 0.2) is 24.3 Å². The fourth-order valence-electron chi connectivity index (χ4n) is 4.06. The summed E-state index contributed by atoms with van der Waals surface area (Å²) in [6, 6.07) is 7.86. The van der Waals surface area contributed by atoms with Crippen LogP contribution in [-0.2, 0) is 16.6 Å². The molecule has 1 saturated carbocycles. The van der Waals surface area contributed by atoms with Crippen molar-refractivity contribution in [2.75, 3.05) is 14.2 Å². The van der Waals surface area contributed by atoms with Gasteiger partial charge in [0.15, 0.2) is 11.5 Å². The van der Waals surface area contributed by atoms with E-state index in [2.05, 4.69) is 15.5 Å². The van der Waals surface area contributed by atoms with Gasteiger partial charge < -0.3 is 14.8 Å². The van der Waals surface area contributed by atoms with Gasteiger partial charge in [-0.15, -0.1) is 0 Å². The van der Waals surface area contributed by atoms with Crippen LogP contribution in [0.3, 0.4) is 0 Å². The Balaban J connectivity index is 1.80. The molecule has 2 N–H and O–H groups in total. The molecule has 27 heavy (non-hydrogen) atoms. The summed E-state index contributed by atoms with van der Waals surface area (Å²) in [6.45, 7) is 4.00. The summed E-state index contributed by atoms with van der Waals surface area (Å²) >= 11 is 0. The fourth-order valence-corrected chi connectivity index (χ4v) is 4.06. The Morgan fingerprint density at radius 3 is 2.52 bits per heavy atom. The second-order valence-electron chi connectivity index (χ2n) is 7.48. The Hall–Kier alpha value is -2.50. The number of methoxy groups -OCH3 is 2. The summed E-state index contributed by atoms with van der Waals surface area (Å²) in [5.74, 6) is 1.43. The van der Waals surface area contributed by atoms with Crippen molar-refractivity contribution in [3.05, 3.63) is 41.2 Å². The minimum atomic E-state index is -0.505. The summed E-state index contributed by atoms with van der Waals surface area (Å²) < 4.78 is 10.8. The SMILES string of the molecule is COc1ccc(C2(C(=O)N[C@@H](C)Cc3cc(C)[nH]n3)CCCC2)cc1OC. The van der Waals surface area contributed by atoms with Gasteiger partial charge in [-0.25, -0.2) is 0 Å². The Morgan fingerprint density at radius 2 is 1.93 bits per heavy atom. The summed E-state index contributed by atoms with van der Waals surface area (Å²) in [4.78, 5) is 13.3. The highest BCUT2D eigenvalue weighted by Gasteiger charge is 2.43. The zero-order chi connectivity index (χ0) is 19.4. The maximum atomic E-state index is 13.3. The lowest BCUT2D eigenvalue weighted by atomic mass is 9.77. The van der Waals surface area contributed by atoms with Gasteiger partial charge in [-0.1, -0.05) is 18.9 Å². The number of carbonyl (C=O) groups is 1. The molecule has 1 aromatic heterocycles. The zero-order valence-corrected chi connectivity index (χ0v) is 16.6. The Morgan fingerprint density at radius 1 is 1.22 bits per heavy atom. The van der Waals surface area contributed by atoms with Crippen LogP contribution in [0.5, 0.6) is 11.5 Å². The summed E-state index contributed by atoms with van der Waals surface area (Å²) in [7, 11) is 3.24. The number of aryl methyl sites for hydroxylation is 1. The van der Waals surface area contributed by atoms with Crippen molar-refractivity contribution in [3.63, 3.8) is 0 Å². The first kappa shape index (κ1) is 19.3. The van der Waals surface area contributed by atoms with Crippen molar-refractivity contribution in [1.29, 1.82) is 0 Å². The van der Waals surface area contributed by atoms with Crippen molar-refractivity contribution in [2.24, 2.45) is 0 Å². The molecule has 6 heteroatoms. The normalized spacial score (nSPS) is 16.7. The van der Waals surface area contributed by atoms with Gasteiger partial charge in [0.2, 0.25) is 5.91 Å². The molecule has 2 aromatic rings. The first-order valence-corrected chi connectivity index (χ1v) is 9.53. The molecule has 0 unspecified atom stereocenters. The first-order valence-electron chi connectivity index (χ1n) is 9.53. The average molecular weight is 371 g/mol. The second kappa shape index (κ2) is 8.03. The van der Waals surface area contributed by atoms with Gasteiger partial charge in [-0.3, -0.25) is 9.89 Å². The number of nitrogens with one attached hydrogen (secondary N) is 2. The number of nitrogens with zero attached hydrogens (tertiary/aromatic N) is 1. The van der Waals surface area contributed by atoms with E-state index >= 15 is 0 Å². The van der Waals surface area contributed by atoms with Crippen molar-refractivity contribution < 1.29 is 14.3 Å². The van der Waals surface area contributed by atoms with Gasteiger partial charge in [-0.2, -0.15) is 5.10 Å². The van der Waals surface area contributed by atoms with Gasteiger partial charge in [-0.05, 0) is 50.5 Å². The smallest absolute Gasteiger partial charge is 0.230 e. The minimum Gasteiger partial charge on any atom is -0.493 e. The number of aromatic nitrogens is 2. The molecule has 0 radical (unpaired) electrons. The summed E-state index contributed by atoms with van der Waals surface area (Å²) in [6.07, 6.45) is 4.51. The quantitative estimate of drug-likeness (QED) is 0.783. The molecule has 1 fully saturated rings. The lowest BCUT2D eigenvalue weighted by molar-refractivity contribution is -0.127. The molecule has 0 spiro atoms. The molecule has 1 aliphatic rings. The molecule has 1 amide bonds. The molecule has 146 valence electrons. The van der Waals surface area contributed by atoms with Crippen molar-refractivity contribution >= 4 is 5.91 Å². The molecule has 1 heterocycles. The van der Waals surface area contributed by atoms with E-state index in [-0.39, 0.29) is 11.9 Å². The van der Waals surface area contributed by atoms with Crippen LogP contribution < -0.4 is 14.8 Å². The van der Waals surface area contributed by atoms with Crippen LogP contribution in [0, 0.1) is 6.92 Å². The predicted octanol–water partition coefficient (Wildman–Crippen LogP) is 3.29. The highest BCUT2D eigenvalue weighted by Crippen LogP contribution is 2.44. The summed E-state index contributed by atoms with van der Waals surface area (Å²) in [5, 5.41) is 10.4. The molecular formula is C21H29N3O3. The van der Waals surface area contributed by atoms with E-state index < -0.39 is 5.41 Å². The van der Waals surface area contributed by atoms with Gasteiger partial charge in [0.25, 0.3) is 0 Å². The van der Waals surface area contributed by atoms with Gasteiger partial charge in [0, 0.05) is 18.2 Å². The van der Waals surface area contributed by atoms with E-state index in [1.54, 1.807) is 14.2 Å². The molecule has 1 atom stereocenters. The van der Waals surface area contributed by atoms with Gasteiger partial charge >= 0.3 is 0 Å². The lowest BCUT2D eigenvalue weighted by Gasteiger charge is -2.30. The molecule has 6 nitrogen and oxygen atoms in total. The van der Waals surface area contributed by atoms with E-state index in [1.807, 2.05) is 38.1 Å². The van der Waals surface area contributed by atoms with E-state index in [0.717, 1.165) is 42.6 Å². The highest BCUT2D eigenvalue weighted by atomic mass is 16.5. The number of hydrogen-bond donors (Lipinski definition) is 2. The van der Waals surface area contributed by atoms with Crippen molar-refractivity contribution in [1.82, 2.24) is 15.5 Å². The number of H-pyrrole nitrogens is 1. The largest absolute Gasteiger partial charge is 0.493 e. The van der Waals surface area contributed by atoms with Crippen LogP contribution in [-0.4, -0.2) is 36.4 Å². The number of carbonyl (C=O) groups excluding carboxylic acids is 1. The molecule has 1 aromatic carbocycles. The van der Waals surface area contributed by atoms with Crippen LogP contribution in [0.4, 0.5) is 0 Å². The maximum Gasteiger partial charge on any atom is 0.230 e. The topological polar surface area (TPSA) is 76.2 Å². The Kier molecular flexibility index (Phi) is 5.73. The lowest BCUT2D eigenvalue weighted by Crippen LogP contribution is -2.46. The van der Waals surface area contributed by atoms with Crippen LogP contribution >= 0.6 is 0 Å². The molecule has 1 aliphatic carbocycles. The number of amides is 1. The zero-order valence-electron chi connectivity index (χ0n) is 16.6. The Labute approximate surface area is 160 Å². The molecule has 3 rings (SSSR count). The third kappa shape index (κ3) is 3.94. The van der Waals surface area contributed by atoms with E-state index in [4.69, 9.17) is 9.47 Å². The van der Waals surface area contributed by atoms with Crippen molar-refractivity contribution in [2.45, 2.75) is 57.4 Å². The Bertz CT molecular complexity index is 794. The number of rotatable bonds is 7. The predicted molar refractivity (Wildman–Crippen MR) is 104 cm³/mol. The first-order chi connectivity index (χ1) is 13.0. The third-order valence-corrected chi connectivity index (χ3v) is 5.48. The van der Waals surface area contributed by atoms with Crippen molar-refractivity contribution in [3.8, 4) is 11.5 Å². The van der Waals surface area contributed by atoms with Crippen LogP contribution in [0.2, 0.25) is 0 Å². The number of ether oxygens (including phenoxy) is 2. The molecule has 0 bridgehead atoms. The molecular weight excluding hydrogens is 342 g/mol. The third-order valence-electron chi connectivity index (χ3n) is 5.48.